The summed E-state index contributed by atoms with van der Waals surface area (Å²) in [6, 6.07) is 13.8. The molecule has 2 aromatic rings. The Morgan fingerprint density at radius 3 is 2.41 bits per heavy atom. The van der Waals surface area contributed by atoms with Gasteiger partial charge in [0.15, 0.2) is 5.75 Å². The molecule has 2 aromatic carbocycles. The molecule has 2 heterocycles. The Labute approximate surface area is 211 Å². The molecular formula is C25H28Cl2N2O4S. The van der Waals surface area contributed by atoms with Crippen molar-refractivity contribution in [2.75, 3.05) is 31.9 Å². The molecule has 3 aliphatic rings. The van der Waals surface area contributed by atoms with E-state index in [1.807, 2.05) is 30.3 Å². The molecule has 0 radical (unpaired) electrons. The molecule has 2 bridgehead atoms. The SMILES string of the molecule is CC(C)(c1ccc(OCC23CC(C2)N(S(C)(=O)=O)C3)cc1)c1cc(Cl)c(OCCCl)c(C#N)c1. The monoisotopic (exact) mass is 522 g/mol. The zero-order valence-corrected chi connectivity index (χ0v) is 21.8. The summed E-state index contributed by atoms with van der Waals surface area (Å²) < 4.78 is 37.0. The van der Waals surface area contributed by atoms with Gasteiger partial charge in [0.05, 0.1) is 29.3 Å². The first kappa shape index (κ1) is 25.1. The van der Waals surface area contributed by atoms with Gasteiger partial charge in [0, 0.05) is 23.4 Å². The van der Waals surface area contributed by atoms with Crippen LogP contribution in [-0.4, -0.2) is 50.7 Å². The number of nitriles is 1. The topological polar surface area (TPSA) is 79.6 Å². The molecular weight excluding hydrogens is 495 g/mol. The van der Waals surface area contributed by atoms with Crippen LogP contribution in [-0.2, 0) is 15.4 Å². The maximum atomic E-state index is 11.9. The minimum atomic E-state index is -3.16. The van der Waals surface area contributed by atoms with Gasteiger partial charge < -0.3 is 9.47 Å². The maximum absolute atomic E-state index is 11.9. The average Bonchev–Trinajstić information content (AvgIpc) is 3.34. The molecule has 1 saturated carbocycles. The quantitative estimate of drug-likeness (QED) is 0.435. The lowest BCUT2D eigenvalue weighted by Crippen LogP contribution is -2.39. The molecule has 0 atom stereocenters. The number of halogens is 2. The van der Waals surface area contributed by atoms with Crippen molar-refractivity contribution in [1.29, 1.82) is 5.26 Å². The fourth-order valence-electron chi connectivity index (χ4n) is 4.98. The smallest absolute Gasteiger partial charge is 0.211 e. The zero-order valence-electron chi connectivity index (χ0n) is 19.5. The largest absolute Gasteiger partial charge is 0.493 e. The minimum Gasteiger partial charge on any atom is -0.493 e. The van der Waals surface area contributed by atoms with E-state index in [9.17, 15) is 13.7 Å². The Morgan fingerprint density at radius 2 is 1.85 bits per heavy atom. The molecule has 0 spiro atoms. The molecule has 2 saturated heterocycles. The zero-order chi connectivity index (χ0) is 24.7. The summed E-state index contributed by atoms with van der Waals surface area (Å²) >= 11 is 12.1. The molecule has 5 rings (SSSR count). The number of rotatable bonds is 9. The predicted molar refractivity (Wildman–Crippen MR) is 133 cm³/mol. The highest BCUT2D eigenvalue weighted by atomic mass is 35.5. The van der Waals surface area contributed by atoms with E-state index in [2.05, 4.69) is 19.9 Å². The third-order valence-electron chi connectivity index (χ3n) is 6.99. The van der Waals surface area contributed by atoms with Crippen LogP contribution in [0.4, 0.5) is 0 Å². The number of hydrogen-bond donors (Lipinski definition) is 0. The first-order valence-electron chi connectivity index (χ1n) is 11.1. The Balaban J connectivity index is 1.46. The number of fused-ring (bicyclic) bond motifs is 1. The highest BCUT2D eigenvalue weighted by molar-refractivity contribution is 7.88. The summed E-state index contributed by atoms with van der Waals surface area (Å²) in [4.78, 5) is 0. The van der Waals surface area contributed by atoms with Crippen molar-refractivity contribution in [3.8, 4) is 17.6 Å². The molecule has 0 unspecified atom stereocenters. The molecule has 0 N–H and O–H groups in total. The van der Waals surface area contributed by atoms with Crippen LogP contribution in [0, 0.1) is 16.7 Å². The second-order valence-corrected chi connectivity index (χ2v) is 12.5. The molecule has 0 amide bonds. The first-order chi connectivity index (χ1) is 16.0. The van der Waals surface area contributed by atoms with Gasteiger partial charge in [0.1, 0.15) is 18.4 Å². The van der Waals surface area contributed by atoms with Crippen molar-refractivity contribution in [3.05, 3.63) is 58.1 Å². The minimum absolute atomic E-state index is 0.0799. The predicted octanol–water partition coefficient (Wildman–Crippen LogP) is 4.96. The molecule has 6 nitrogen and oxygen atoms in total. The van der Waals surface area contributed by atoms with Gasteiger partial charge in [-0.1, -0.05) is 37.6 Å². The van der Waals surface area contributed by atoms with Crippen molar-refractivity contribution in [2.45, 2.75) is 38.1 Å². The van der Waals surface area contributed by atoms with Crippen LogP contribution in [0.2, 0.25) is 5.02 Å². The van der Waals surface area contributed by atoms with Gasteiger partial charge in [-0.25, -0.2) is 8.42 Å². The molecule has 34 heavy (non-hydrogen) atoms. The lowest BCUT2D eigenvalue weighted by Gasteiger charge is -2.36. The van der Waals surface area contributed by atoms with Crippen LogP contribution in [0.25, 0.3) is 0 Å². The summed E-state index contributed by atoms with van der Waals surface area (Å²) in [6.45, 7) is 5.45. The van der Waals surface area contributed by atoms with Crippen LogP contribution >= 0.6 is 23.2 Å². The van der Waals surface area contributed by atoms with Crippen LogP contribution in [0.15, 0.2) is 36.4 Å². The van der Waals surface area contributed by atoms with Gasteiger partial charge in [0.25, 0.3) is 0 Å². The van der Waals surface area contributed by atoms with Crippen molar-refractivity contribution >= 4 is 33.2 Å². The van der Waals surface area contributed by atoms with Crippen molar-refractivity contribution in [1.82, 2.24) is 4.31 Å². The third-order valence-corrected chi connectivity index (χ3v) is 8.71. The van der Waals surface area contributed by atoms with Crippen LogP contribution in [0.1, 0.15) is 43.4 Å². The Morgan fingerprint density at radius 1 is 1.18 bits per heavy atom. The van der Waals surface area contributed by atoms with Crippen molar-refractivity contribution in [3.63, 3.8) is 0 Å². The maximum Gasteiger partial charge on any atom is 0.211 e. The number of ether oxygens (including phenoxy) is 2. The number of benzene rings is 2. The fourth-order valence-corrected chi connectivity index (χ4v) is 6.53. The highest BCUT2D eigenvalue weighted by Gasteiger charge is 2.58. The van der Waals surface area contributed by atoms with E-state index in [1.54, 1.807) is 10.4 Å². The van der Waals surface area contributed by atoms with E-state index >= 15 is 0 Å². The van der Waals surface area contributed by atoms with Gasteiger partial charge in [-0.2, -0.15) is 9.57 Å². The second-order valence-electron chi connectivity index (χ2n) is 9.79. The third kappa shape index (κ3) is 4.74. The summed E-state index contributed by atoms with van der Waals surface area (Å²) in [6.07, 6.45) is 2.99. The molecule has 9 heteroatoms. The molecule has 1 aliphatic carbocycles. The molecule has 3 fully saturated rings. The Bertz CT molecular complexity index is 1220. The van der Waals surface area contributed by atoms with Gasteiger partial charge >= 0.3 is 0 Å². The van der Waals surface area contributed by atoms with Gasteiger partial charge in [-0.3, -0.25) is 0 Å². The van der Waals surface area contributed by atoms with Gasteiger partial charge in [-0.15, -0.1) is 11.6 Å². The summed E-state index contributed by atoms with van der Waals surface area (Å²) in [5.41, 5.74) is 1.81. The number of alkyl halides is 1. The fraction of sp³-hybridized carbons (Fsp3) is 0.480. The van der Waals surface area contributed by atoms with Gasteiger partial charge in [0.2, 0.25) is 10.0 Å². The molecule has 2 aliphatic heterocycles. The number of hydrogen-bond acceptors (Lipinski definition) is 5. The van der Waals surface area contributed by atoms with Crippen LogP contribution < -0.4 is 9.47 Å². The summed E-state index contributed by atoms with van der Waals surface area (Å²) in [5.74, 6) is 1.41. The van der Waals surface area contributed by atoms with E-state index in [1.165, 1.54) is 6.26 Å². The molecule has 182 valence electrons. The van der Waals surface area contributed by atoms with Crippen LogP contribution in [0.5, 0.6) is 11.5 Å². The number of nitrogens with zero attached hydrogens (tertiary/aromatic N) is 2. The molecule has 0 aromatic heterocycles. The van der Waals surface area contributed by atoms with Gasteiger partial charge in [-0.05, 0) is 48.2 Å². The summed E-state index contributed by atoms with van der Waals surface area (Å²) in [5, 5.41) is 9.98. The number of sulfonamides is 1. The lowest BCUT2D eigenvalue weighted by molar-refractivity contribution is 0.100. The van der Waals surface area contributed by atoms with E-state index in [0.717, 1.165) is 29.7 Å². The van der Waals surface area contributed by atoms with E-state index in [-0.39, 0.29) is 18.1 Å². The van der Waals surface area contributed by atoms with Crippen molar-refractivity contribution in [2.24, 2.45) is 5.41 Å². The highest BCUT2D eigenvalue weighted by Crippen LogP contribution is 2.52. The Kier molecular flexibility index (Phi) is 6.82. The normalized spacial score (nSPS) is 22.2. The summed E-state index contributed by atoms with van der Waals surface area (Å²) in [7, 11) is -3.16. The standard InChI is InChI=1S/C25H28Cl2N2O4S/c1-24(2,19-10-17(14-28)23(22(27)11-19)32-9-8-26)18-4-6-21(7-5-18)33-16-25-12-20(13-25)29(15-25)34(3,30)31/h4-7,10-11,20H,8-9,12-13,15-16H2,1-3H3. The van der Waals surface area contributed by atoms with E-state index in [4.69, 9.17) is 32.7 Å². The lowest BCUT2D eigenvalue weighted by atomic mass is 9.71. The first-order valence-corrected chi connectivity index (χ1v) is 13.9. The van der Waals surface area contributed by atoms with Crippen LogP contribution in [0.3, 0.4) is 0 Å². The van der Waals surface area contributed by atoms with Crippen molar-refractivity contribution < 1.29 is 17.9 Å². The average molecular weight is 523 g/mol. The second kappa shape index (κ2) is 9.23. The van der Waals surface area contributed by atoms with E-state index < -0.39 is 15.4 Å². The van der Waals surface area contributed by atoms with E-state index in [0.29, 0.717) is 35.4 Å². The Hall–Kier alpha value is -1.98.